The molecule has 0 radical (unpaired) electrons. The summed E-state index contributed by atoms with van der Waals surface area (Å²) in [5, 5.41) is 2.87. The SMILES string of the molecule is Cc1cc(C)c(NC(=O)CN(C)C(=O)c2ccc(S(=O)(=O)NC(C)C)cc2)c(C)c1. The van der Waals surface area contributed by atoms with Gasteiger partial charge in [0.1, 0.15) is 0 Å². The standard InChI is InChI=1S/C22H29N3O4S/c1-14(2)24-30(28,29)19-9-7-18(8-10-19)22(27)25(6)13-20(26)23-21-16(4)11-15(3)12-17(21)5/h7-12,14,24H,13H2,1-6H3,(H,23,26). The summed E-state index contributed by atoms with van der Waals surface area (Å²) in [7, 11) is -2.10. The number of nitrogens with zero attached hydrogens (tertiary/aromatic N) is 1. The minimum Gasteiger partial charge on any atom is -0.332 e. The van der Waals surface area contributed by atoms with Gasteiger partial charge in [-0.15, -0.1) is 0 Å². The second-order valence-electron chi connectivity index (χ2n) is 7.78. The number of rotatable bonds is 7. The zero-order chi connectivity index (χ0) is 22.6. The van der Waals surface area contributed by atoms with Gasteiger partial charge >= 0.3 is 0 Å². The van der Waals surface area contributed by atoms with E-state index in [9.17, 15) is 18.0 Å². The van der Waals surface area contributed by atoms with E-state index in [0.717, 1.165) is 22.4 Å². The highest BCUT2D eigenvalue weighted by Gasteiger charge is 2.19. The van der Waals surface area contributed by atoms with E-state index < -0.39 is 10.0 Å². The van der Waals surface area contributed by atoms with Crippen molar-refractivity contribution in [1.29, 1.82) is 0 Å². The fourth-order valence-corrected chi connectivity index (χ4v) is 4.47. The van der Waals surface area contributed by atoms with Gasteiger partial charge in [-0.3, -0.25) is 9.59 Å². The number of benzene rings is 2. The van der Waals surface area contributed by atoms with Crippen molar-refractivity contribution >= 4 is 27.5 Å². The van der Waals surface area contributed by atoms with Gasteiger partial charge in [-0.25, -0.2) is 13.1 Å². The smallest absolute Gasteiger partial charge is 0.254 e. The zero-order valence-corrected chi connectivity index (χ0v) is 19.1. The number of likely N-dealkylation sites (N-methyl/N-ethyl adjacent to an activating group) is 1. The molecule has 7 nitrogen and oxygen atoms in total. The van der Waals surface area contributed by atoms with Crippen LogP contribution in [0.2, 0.25) is 0 Å². The van der Waals surface area contributed by atoms with Crippen molar-refractivity contribution in [3.05, 3.63) is 58.7 Å². The lowest BCUT2D eigenvalue weighted by Crippen LogP contribution is -2.35. The number of amides is 2. The van der Waals surface area contributed by atoms with Gasteiger partial charge < -0.3 is 10.2 Å². The Morgan fingerprint density at radius 1 is 1.00 bits per heavy atom. The fourth-order valence-electron chi connectivity index (χ4n) is 3.22. The molecule has 2 rings (SSSR count). The van der Waals surface area contributed by atoms with E-state index >= 15 is 0 Å². The van der Waals surface area contributed by atoms with Crippen molar-refractivity contribution in [2.75, 3.05) is 18.9 Å². The Morgan fingerprint density at radius 2 is 1.53 bits per heavy atom. The number of hydrogen-bond acceptors (Lipinski definition) is 4. The van der Waals surface area contributed by atoms with Gasteiger partial charge in [0.05, 0.1) is 11.4 Å². The molecule has 8 heteroatoms. The van der Waals surface area contributed by atoms with Gasteiger partial charge in [0.15, 0.2) is 0 Å². The first kappa shape index (κ1) is 23.6. The molecule has 0 aliphatic rings. The number of hydrogen-bond donors (Lipinski definition) is 2. The molecule has 0 aromatic heterocycles. The largest absolute Gasteiger partial charge is 0.332 e. The fraction of sp³-hybridized carbons (Fsp3) is 0.364. The van der Waals surface area contributed by atoms with Crippen LogP contribution < -0.4 is 10.0 Å². The average molecular weight is 432 g/mol. The molecule has 0 atom stereocenters. The van der Waals surface area contributed by atoms with Crippen LogP contribution in [0.4, 0.5) is 5.69 Å². The van der Waals surface area contributed by atoms with Crippen molar-refractivity contribution in [3.8, 4) is 0 Å². The third-order valence-electron chi connectivity index (χ3n) is 4.47. The molecular weight excluding hydrogens is 402 g/mol. The van der Waals surface area contributed by atoms with Crippen LogP contribution in [-0.4, -0.2) is 44.8 Å². The summed E-state index contributed by atoms with van der Waals surface area (Å²) in [6.45, 7) is 9.18. The van der Waals surface area contributed by atoms with Gasteiger partial charge in [-0.1, -0.05) is 17.7 Å². The molecule has 2 aromatic rings. The van der Waals surface area contributed by atoms with E-state index in [1.165, 1.54) is 36.2 Å². The summed E-state index contributed by atoms with van der Waals surface area (Å²) in [6.07, 6.45) is 0. The first-order valence-corrected chi connectivity index (χ1v) is 11.1. The third-order valence-corrected chi connectivity index (χ3v) is 6.15. The first-order chi connectivity index (χ1) is 13.9. The van der Waals surface area contributed by atoms with E-state index in [4.69, 9.17) is 0 Å². The van der Waals surface area contributed by atoms with Crippen LogP contribution in [-0.2, 0) is 14.8 Å². The zero-order valence-electron chi connectivity index (χ0n) is 18.2. The first-order valence-electron chi connectivity index (χ1n) is 9.66. The molecule has 0 bridgehead atoms. The third kappa shape index (κ3) is 5.90. The number of carbonyl (C=O) groups is 2. The van der Waals surface area contributed by atoms with Gasteiger partial charge in [0, 0.05) is 24.3 Å². The summed E-state index contributed by atoms with van der Waals surface area (Å²) in [5.74, 6) is -0.676. The Kier molecular flexibility index (Phi) is 7.39. The van der Waals surface area contributed by atoms with E-state index in [1.807, 2.05) is 32.9 Å². The Labute approximate surface area is 178 Å². The van der Waals surface area contributed by atoms with Gasteiger partial charge in [0.2, 0.25) is 15.9 Å². The van der Waals surface area contributed by atoms with Gasteiger partial charge in [-0.05, 0) is 70.0 Å². The minimum absolute atomic E-state index is 0.0819. The van der Waals surface area contributed by atoms with Gasteiger partial charge in [0.25, 0.3) is 5.91 Å². The number of anilines is 1. The van der Waals surface area contributed by atoms with Crippen molar-refractivity contribution in [1.82, 2.24) is 9.62 Å². The molecule has 162 valence electrons. The molecule has 2 amide bonds. The van der Waals surface area contributed by atoms with Crippen molar-refractivity contribution in [3.63, 3.8) is 0 Å². The molecular formula is C22H29N3O4S. The van der Waals surface area contributed by atoms with E-state index in [1.54, 1.807) is 13.8 Å². The van der Waals surface area contributed by atoms with Crippen LogP contribution in [0.25, 0.3) is 0 Å². The molecule has 0 aliphatic heterocycles. The molecule has 0 spiro atoms. The van der Waals surface area contributed by atoms with Crippen molar-refractivity contribution in [2.45, 2.75) is 45.6 Å². The quantitative estimate of drug-likeness (QED) is 0.704. The highest BCUT2D eigenvalue weighted by molar-refractivity contribution is 7.89. The molecule has 0 saturated carbocycles. The highest BCUT2D eigenvalue weighted by atomic mass is 32.2. The Morgan fingerprint density at radius 3 is 2.03 bits per heavy atom. The lowest BCUT2D eigenvalue weighted by Gasteiger charge is -2.19. The van der Waals surface area contributed by atoms with Gasteiger partial charge in [-0.2, -0.15) is 0 Å². The maximum absolute atomic E-state index is 12.6. The molecule has 0 aliphatic carbocycles. The summed E-state index contributed by atoms with van der Waals surface area (Å²) < 4.78 is 26.9. The van der Waals surface area contributed by atoms with Crippen LogP contribution >= 0.6 is 0 Å². The number of aryl methyl sites for hydroxylation is 3. The number of sulfonamides is 1. The Hall–Kier alpha value is -2.71. The van der Waals surface area contributed by atoms with E-state index in [2.05, 4.69) is 10.0 Å². The average Bonchev–Trinajstić information content (AvgIpc) is 2.63. The summed E-state index contributed by atoms with van der Waals surface area (Å²) in [5.41, 5.74) is 4.09. The molecule has 30 heavy (non-hydrogen) atoms. The summed E-state index contributed by atoms with van der Waals surface area (Å²) >= 11 is 0. The van der Waals surface area contributed by atoms with Crippen LogP contribution in [0.15, 0.2) is 41.3 Å². The van der Waals surface area contributed by atoms with Crippen LogP contribution in [0.1, 0.15) is 40.9 Å². The van der Waals surface area contributed by atoms with Crippen LogP contribution in [0.5, 0.6) is 0 Å². The second-order valence-corrected chi connectivity index (χ2v) is 9.50. The van der Waals surface area contributed by atoms with Crippen LogP contribution in [0, 0.1) is 20.8 Å². The lowest BCUT2D eigenvalue weighted by molar-refractivity contribution is -0.116. The monoisotopic (exact) mass is 431 g/mol. The molecule has 0 heterocycles. The molecule has 0 saturated heterocycles. The van der Waals surface area contributed by atoms with E-state index in [-0.39, 0.29) is 29.3 Å². The Balaban J connectivity index is 2.06. The molecule has 2 aromatic carbocycles. The van der Waals surface area contributed by atoms with Crippen LogP contribution in [0.3, 0.4) is 0 Å². The maximum Gasteiger partial charge on any atom is 0.254 e. The Bertz CT molecular complexity index is 1020. The molecule has 0 unspecified atom stereocenters. The molecule has 2 N–H and O–H groups in total. The number of nitrogens with one attached hydrogen (secondary N) is 2. The maximum atomic E-state index is 12.6. The van der Waals surface area contributed by atoms with E-state index in [0.29, 0.717) is 5.56 Å². The lowest BCUT2D eigenvalue weighted by atomic mass is 10.1. The summed E-state index contributed by atoms with van der Waals surface area (Å²) in [4.78, 5) is 26.5. The topological polar surface area (TPSA) is 95.6 Å². The molecule has 0 fully saturated rings. The number of carbonyl (C=O) groups excluding carboxylic acids is 2. The predicted octanol–water partition coefficient (Wildman–Crippen LogP) is 3.01. The van der Waals surface area contributed by atoms with Crippen molar-refractivity contribution < 1.29 is 18.0 Å². The summed E-state index contributed by atoms with van der Waals surface area (Å²) in [6, 6.07) is 9.39. The predicted molar refractivity (Wildman–Crippen MR) is 118 cm³/mol. The van der Waals surface area contributed by atoms with Crippen molar-refractivity contribution in [2.24, 2.45) is 0 Å². The second kappa shape index (κ2) is 9.40. The minimum atomic E-state index is -3.63. The highest BCUT2D eigenvalue weighted by Crippen LogP contribution is 2.22. The normalized spacial score (nSPS) is 11.4.